The Kier molecular flexibility index (Phi) is 3.96. The van der Waals surface area contributed by atoms with Gasteiger partial charge in [0.15, 0.2) is 0 Å². The van der Waals surface area contributed by atoms with E-state index in [2.05, 4.69) is 42.6 Å². The monoisotopic (exact) mass is 197 g/mol. The van der Waals surface area contributed by atoms with E-state index >= 15 is 0 Å². The van der Waals surface area contributed by atoms with Crippen LogP contribution >= 0.6 is 0 Å². The molecule has 1 saturated heterocycles. The van der Waals surface area contributed by atoms with Crippen LogP contribution in [-0.4, -0.2) is 55.6 Å². The first-order valence-electron chi connectivity index (χ1n) is 5.37. The molecule has 0 amide bonds. The summed E-state index contributed by atoms with van der Waals surface area (Å²) >= 11 is 0. The molecule has 0 bridgehead atoms. The topological polar surface area (TPSA) is 18.5 Å². The van der Waals surface area contributed by atoms with Crippen LogP contribution in [0, 0.1) is 0 Å². The molecule has 0 spiro atoms. The summed E-state index contributed by atoms with van der Waals surface area (Å²) in [6.07, 6.45) is 0. The fraction of sp³-hybridized carbons (Fsp3) is 0.818. The highest BCUT2D eigenvalue weighted by molar-refractivity contribution is 5.02. The van der Waals surface area contributed by atoms with Gasteiger partial charge in [0.05, 0.1) is 0 Å². The maximum atomic E-state index is 4.04. The van der Waals surface area contributed by atoms with Crippen molar-refractivity contribution in [3.05, 3.63) is 12.3 Å². The van der Waals surface area contributed by atoms with Crippen LogP contribution in [0.3, 0.4) is 0 Å². The van der Waals surface area contributed by atoms with Crippen LogP contribution in [0.1, 0.15) is 13.8 Å². The van der Waals surface area contributed by atoms with Crippen molar-refractivity contribution in [1.82, 2.24) is 15.1 Å². The normalized spacial score (nSPS) is 27.3. The van der Waals surface area contributed by atoms with Gasteiger partial charge in [-0.05, 0) is 20.9 Å². The predicted octanol–water partition coefficient (Wildman–Crippen LogP) is 0.744. The molecule has 3 heteroatoms. The molecule has 1 aliphatic heterocycles. The third-order valence-electron chi connectivity index (χ3n) is 3.20. The minimum atomic E-state index is 0.434. The smallest absolute Gasteiger partial charge is 0.0464 e. The number of likely N-dealkylation sites (N-methyl/N-ethyl adjacent to an activating group) is 2. The fourth-order valence-corrected chi connectivity index (χ4v) is 2.14. The van der Waals surface area contributed by atoms with Crippen LogP contribution in [0.4, 0.5) is 0 Å². The molecule has 0 saturated carbocycles. The Hall–Kier alpha value is -0.540. The van der Waals surface area contributed by atoms with Crippen molar-refractivity contribution >= 4 is 0 Å². The average molecular weight is 197 g/mol. The van der Waals surface area contributed by atoms with E-state index in [0.717, 1.165) is 25.3 Å². The van der Waals surface area contributed by atoms with Crippen LogP contribution in [0.15, 0.2) is 12.3 Å². The van der Waals surface area contributed by atoms with Gasteiger partial charge in [-0.15, -0.1) is 0 Å². The molecule has 0 aliphatic carbocycles. The van der Waals surface area contributed by atoms with E-state index in [1.165, 1.54) is 0 Å². The molecule has 14 heavy (non-hydrogen) atoms. The first-order valence-corrected chi connectivity index (χ1v) is 5.37. The molecule has 1 fully saturated rings. The zero-order chi connectivity index (χ0) is 10.7. The summed E-state index contributed by atoms with van der Waals surface area (Å²) in [7, 11) is 4.13. The second-order valence-electron chi connectivity index (χ2n) is 4.30. The lowest BCUT2D eigenvalue weighted by molar-refractivity contribution is 0.0779. The van der Waals surface area contributed by atoms with Gasteiger partial charge in [-0.25, -0.2) is 0 Å². The van der Waals surface area contributed by atoms with Crippen molar-refractivity contribution < 1.29 is 0 Å². The van der Waals surface area contributed by atoms with Crippen molar-refractivity contribution in [2.75, 3.05) is 33.7 Å². The third-order valence-corrected chi connectivity index (χ3v) is 3.20. The maximum absolute atomic E-state index is 4.04. The molecular formula is C11H23N3. The molecule has 0 radical (unpaired) electrons. The van der Waals surface area contributed by atoms with E-state index in [9.17, 15) is 0 Å². The quantitative estimate of drug-likeness (QED) is 0.720. The van der Waals surface area contributed by atoms with Gasteiger partial charge in [0.25, 0.3) is 0 Å². The van der Waals surface area contributed by atoms with Gasteiger partial charge in [0.2, 0.25) is 0 Å². The Labute approximate surface area is 87.8 Å². The Morgan fingerprint density at radius 2 is 2.14 bits per heavy atom. The van der Waals surface area contributed by atoms with Gasteiger partial charge in [-0.3, -0.25) is 4.90 Å². The van der Waals surface area contributed by atoms with E-state index in [1.807, 2.05) is 7.05 Å². The van der Waals surface area contributed by atoms with Crippen molar-refractivity contribution in [3.63, 3.8) is 0 Å². The fourth-order valence-electron chi connectivity index (χ4n) is 2.14. The number of hydrogen-bond acceptors (Lipinski definition) is 3. The second kappa shape index (κ2) is 4.80. The molecule has 1 aliphatic rings. The van der Waals surface area contributed by atoms with Crippen molar-refractivity contribution in [1.29, 1.82) is 0 Å². The highest BCUT2D eigenvalue weighted by Crippen LogP contribution is 2.14. The van der Waals surface area contributed by atoms with E-state index in [-0.39, 0.29) is 0 Å². The van der Waals surface area contributed by atoms with E-state index in [0.29, 0.717) is 12.1 Å². The van der Waals surface area contributed by atoms with Gasteiger partial charge >= 0.3 is 0 Å². The molecule has 0 aromatic heterocycles. The molecule has 1 rings (SSSR count). The Bertz CT molecular complexity index is 203. The molecule has 0 aromatic carbocycles. The molecule has 1 N–H and O–H groups in total. The van der Waals surface area contributed by atoms with E-state index in [1.54, 1.807) is 0 Å². The zero-order valence-electron chi connectivity index (χ0n) is 9.88. The van der Waals surface area contributed by atoms with Crippen LogP contribution in [0.25, 0.3) is 0 Å². The number of nitrogens with zero attached hydrogens (tertiary/aromatic N) is 2. The Morgan fingerprint density at radius 1 is 1.50 bits per heavy atom. The Balaban J connectivity index is 2.55. The summed E-state index contributed by atoms with van der Waals surface area (Å²) in [5.74, 6) is 0. The number of hydrogen-bond donors (Lipinski definition) is 1. The van der Waals surface area contributed by atoms with Gasteiger partial charge in [-0.2, -0.15) is 0 Å². The molecule has 3 nitrogen and oxygen atoms in total. The number of nitrogens with one attached hydrogen (secondary N) is 1. The first kappa shape index (κ1) is 11.5. The zero-order valence-corrected chi connectivity index (χ0v) is 9.88. The highest BCUT2D eigenvalue weighted by atomic mass is 15.3. The van der Waals surface area contributed by atoms with Gasteiger partial charge < -0.3 is 10.2 Å². The largest absolute Gasteiger partial charge is 0.391 e. The standard InChI is InChI=1S/C11H23N3/c1-9-8-13(5)6-7-14(9)11(3)10(2)12-4/h9,11-12H,2,6-8H2,1,3-5H3/t9-,11?/m1/s1. The second-order valence-corrected chi connectivity index (χ2v) is 4.30. The van der Waals surface area contributed by atoms with Gasteiger partial charge in [0.1, 0.15) is 0 Å². The minimum absolute atomic E-state index is 0.434. The summed E-state index contributed by atoms with van der Waals surface area (Å²) in [6, 6.07) is 1.05. The van der Waals surface area contributed by atoms with Gasteiger partial charge in [0, 0.05) is 44.5 Å². The Morgan fingerprint density at radius 3 is 2.64 bits per heavy atom. The summed E-state index contributed by atoms with van der Waals surface area (Å²) < 4.78 is 0. The van der Waals surface area contributed by atoms with Crippen LogP contribution in [0.5, 0.6) is 0 Å². The maximum Gasteiger partial charge on any atom is 0.0464 e. The molecule has 0 aromatic rings. The van der Waals surface area contributed by atoms with Crippen molar-refractivity contribution in [3.8, 4) is 0 Å². The molecule has 1 unspecified atom stereocenters. The summed E-state index contributed by atoms with van der Waals surface area (Å²) in [5, 5.41) is 3.14. The lowest BCUT2D eigenvalue weighted by Gasteiger charge is -2.42. The summed E-state index contributed by atoms with van der Waals surface area (Å²) in [4.78, 5) is 4.90. The molecule has 2 atom stereocenters. The van der Waals surface area contributed by atoms with E-state index < -0.39 is 0 Å². The number of rotatable bonds is 3. The lowest BCUT2D eigenvalue weighted by Crippen LogP contribution is -2.54. The van der Waals surface area contributed by atoms with Crippen LogP contribution < -0.4 is 5.32 Å². The minimum Gasteiger partial charge on any atom is -0.391 e. The van der Waals surface area contributed by atoms with E-state index in [4.69, 9.17) is 0 Å². The van der Waals surface area contributed by atoms with Gasteiger partial charge in [-0.1, -0.05) is 6.58 Å². The average Bonchev–Trinajstić information content (AvgIpc) is 2.15. The van der Waals surface area contributed by atoms with Crippen molar-refractivity contribution in [2.24, 2.45) is 0 Å². The molecular weight excluding hydrogens is 174 g/mol. The van der Waals surface area contributed by atoms with Crippen LogP contribution in [0.2, 0.25) is 0 Å². The molecule has 82 valence electrons. The number of piperazine rings is 1. The van der Waals surface area contributed by atoms with Crippen molar-refractivity contribution in [2.45, 2.75) is 25.9 Å². The molecule has 1 heterocycles. The summed E-state index contributed by atoms with van der Waals surface area (Å²) in [6.45, 7) is 12.0. The SMILES string of the molecule is C=C(NC)C(C)N1CCN(C)C[C@H]1C. The summed E-state index contributed by atoms with van der Waals surface area (Å²) in [5.41, 5.74) is 1.11. The lowest BCUT2D eigenvalue weighted by atomic mass is 10.1. The predicted molar refractivity (Wildman–Crippen MR) is 61.3 cm³/mol. The first-order chi connectivity index (χ1) is 6.56. The third kappa shape index (κ3) is 2.49. The van der Waals surface area contributed by atoms with Crippen LogP contribution in [-0.2, 0) is 0 Å². The highest BCUT2D eigenvalue weighted by Gasteiger charge is 2.26.